The van der Waals surface area contributed by atoms with Crippen molar-refractivity contribution in [2.75, 3.05) is 5.32 Å². The summed E-state index contributed by atoms with van der Waals surface area (Å²) in [6.45, 7) is 0. The van der Waals surface area contributed by atoms with Gasteiger partial charge in [-0.2, -0.15) is 0 Å². The molecule has 1 aliphatic heterocycles. The van der Waals surface area contributed by atoms with Crippen molar-refractivity contribution in [2.45, 2.75) is 50.1 Å². The molecule has 2 unspecified atom stereocenters. The van der Waals surface area contributed by atoms with Crippen LogP contribution in [0.5, 0.6) is 0 Å². The molecule has 1 saturated carbocycles. The summed E-state index contributed by atoms with van der Waals surface area (Å²) >= 11 is 6.51. The number of hydrogen-bond donors (Lipinski definition) is 2. The molecule has 6 nitrogen and oxygen atoms in total. The van der Waals surface area contributed by atoms with Crippen LogP contribution < -0.4 is 10.9 Å². The van der Waals surface area contributed by atoms with Crippen molar-refractivity contribution in [3.05, 3.63) is 69.2 Å². The molecule has 0 amide bonds. The molecule has 5 rings (SSSR count). The van der Waals surface area contributed by atoms with Gasteiger partial charge in [-0.15, -0.1) is 0 Å². The van der Waals surface area contributed by atoms with E-state index in [2.05, 4.69) is 34.6 Å². The summed E-state index contributed by atoms with van der Waals surface area (Å²) in [5.74, 6) is -1.04. The lowest BCUT2D eigenvalue weighted by atomic mass is 9.92. The summed E-state index contributed by atoms with van der Waals surface area (Å²) in [6, 6.07) is 13.6. The first-order chi connectivity index (χ1) is 14.5. The van der Waals surface area contributed by atoms with Crippen LogP contribution in [0, 0.1) is 0 Å². The number of carboxylic acid groups (broad SMARTS) is 1. The average Bonchev–Trinajstić information content (AvgIpc) is 3.08. The second-order valence-electron chi connectivity index (χ2n) is 8.26. The molecule has 0 radical (unpaired) electrons. The third kappa shape index (κ3) is 3.25. The maximum atomic E-state index is 13.1. The predicted molar refractivity (Wildman–Crippen MR) is 116 cm³/mol. The maximum absolute atomic E-state index is 13.1. The van der Waals surface area contributed by atoms with E-state index in [-0.39, 0.29) is 22.9 Å². The molecule has 2 aromatic carbocycles. The van der Waals surface area contributed by atoms with E-state index < -0.39 is 17.6 Å². The highest BCUT2D eigenvalue weighted by atomic mass is 35.5. The molecule has 30 heavy (non-hydrogen) atoms. The molecule has 3 aromatic rings. The second-order valence-corrected chi connectivity index (χ2v) is 8.61. The number of fused-ring (bicyclic) bond motifs is 2. The minimum atomic E-state index is -1.02. The van der Waals surface area contributed by atoms with Crippen molar-refractivity contribution in [1.82, 2.24) is 9.55 Å². The van der Waals surface area contributed by atoms with Crippen LogP contribution in [0.2, 0.25) is 5.15 Å². The standard InChI is InChI=1S/C23H22ClN3O3/c24-20-19-16(11-13-8-9-14-4-1-2-5-15(14)10-13)12-18(23(29)30)27(19)22(28)21(26-20)25-17-6-3-7-17/h1-2,4-5,8-10,16-18H,3,6-7,11-12H2,(H,25,26)(H,29,30). The van der Waals surface area contributed by atoms with Crippen LogP contribution in [0.15, 0.2) is 47.3 Å². The Labute approximate surface area is 178 Å². The highest BCUT2D eigenvalue weighted by Crippen LogP contribution is 2.41. The highest BCUT2D eigenvalue weighted by Gasteiger charge is 2.39. The number of nitrogens with zero attached hydrogens (tertiary/aromatic N) is 2. The van der Waals surface area contributed by atoms with Crippen molar-refractivity contribution >= 4 is 34.2 Å². The number of hydrogen-bond acceptors (Lipinski definition) is 4. The van der Waals surface area contributed by atoms with E-state index in [9.17, 15) is 14.7 Å². The number of nitrogens with one attached hydrogen (secondary N) is 1. The van der Waals surface area contributed by atoms with E-state index in [4.69, 9.17) is 11.6 Å². The van der Waals surface area contributed by atoms with Gasteiger partial charge in [0.1, 0.15) is 6.04 Å². The number of carbonyl (C=O) groups is 1. The fraction of sp³-hybridized carbons (Fsp3) is 0.348. The minimum absolute atomic E-state index is 0.158. The first kappa shape index (κ1) is 19.1. The van der Waals surface area contributed by atoms with E-state index in [1.54, 1.807) is 0 Å². The quantitative estimate of drug-likeness (QED) is 0.636. The van der Waals surface area contributed by atoms with Gasteiger partial charge in [0.25, 0.3) is 5.56 Å². The van der Waals surface area contributed by atoms with Gasteiger partial charge in [-0.25, -0.2) is 9.78 Å². The van der Waals surface area contributed by atoms with Crippen LogP contribution in [0.25, 0.3) is 10.8 Å². The first-order valence-corrected chi connectivity index (χ1v) is 10.7. The van der Waals surface area contributed by atoms with Gasteiger partial charge in [-0.3, -0.25) is 9.36 Å². The van der Waals surface area contributed by atoms with Crippen molar-refractivity contribution in [1.29, 1.82) is 0 Å². The topological polar surface area (TPSA) is 84.2 Å². The lowest BCUT2D eigenvalue weighted by Crippen LogP contribution is -2.35. The maximum Gasteiger partial charge on any atom is 0.326 e. The van der Waals surface area contributed by atoms with E-state index >= 15 is 0 Å². The summed E-state index contributed by atoms with van der Waals surface area (Å²) in [7, 11) is 0. The molecule has 1 aromatic heterocycles. The molecule has 2 N–H and O–H groups in total. The number of rotatable bonds is 5. The zero-order chi connectivity index (χ0) is 20.8. The van der Waals surface area contributed by atoms with E-state index in [0.29, 0.717) is 18.5 Å². The van der Waals surface area contributed by atoms with E-state index in [1.165, 1.54) is 4.57 Å². The van der Waals surface area contributed by atoms with Gasteiger partial charge in [0.2, 0.25) is 0 Å². The van der Waals surface area contributed by atoms with Crippen LogP contribution >= 0.6 is 11.6 Å². The molecule has 0 saturated heterocycles. The third-order valence-electron chi connectivity index (χ3n) is 6.34. The Morgan fingerprint density at radius 3 is 2.67 bits per heavy atom. The van der Waals surface area contributed by atoms with E-state index in [1.807, 2.05) is 18.2 Å². The molecular formula is C23H22ClN3O3. The number of aliphatic carboxylic acids is 1. The highest BCUT2D eigenvalue weighted by molar-refractivity contribution is 6.30. The summed E-state index contributed by atoms with van der Waals surface area (Å²) in [5.41, 5.74) is 1.22. The zero-order valence-corrected chi connectivity index (χ0v) is 17.1. The Morgan fingerprint density at radius 1 is 1.20 bits per heavy atom. The Morgan fingerprint density at radius 2 is 1.97 bits per heavy atom. The smallest absolute Gasteiger partial charge is 0.326 e. The van der Waals surface area contributed by atoms with Gasteiger partial charge >= 0.3 is 5.97 Å². The molecule has 2 heterocycles. The second kappa shape index (κ2) is 7.43. The lowest BCUT2D eigenvalue weighted by Gasteiger charge is -2.27. The molecule has 1 fully saturated rings. The average molecular weight is 424 g/mol. The molecule has 1 aliphatic carbocycles. The van der Waals surface area contributed by atoms with Gasteiger partial charge in [-0.05, 0) is 48.4 Å². The number of aromatic nitrogens is 2. The summed E-state index contributed by atoms with van der Waals surface area (Å²) in [5, 5.41) is 15.4. The molecule has 7 heteroatoms. The third-order valence-corrected chi connectivity index (χ3v) is 6.61. The molecule has 2 atom stereocenters. The Balaban J connectivity index is 1.53. The van der Waals surface area contributed by atoms with Crippen LogP contribution in [-0.4, -0.2) is 26.7 Å². The normalized spacial score (nSPS) is 20.7. The van der Waals surface area contributed by atoms with Crippen LogP contribution in [-0.2, 0) is 11.2 Å². The van der Waals surface area contributed by atoms with Gasteiger partial charge in [-0.1, -0.05) is 54.1 Å². The SMILES string of the molecule is O=C(O)C1CC(Cc2ccc3ccccc3c2)c2c(Cl)nc(NC3CCC3)c(=O)n21. The number of anilines is 1. The lowest BCUT2D eigenvalue weighted by molar-refractivity contribution is -0.140. The Kier molecular flexibility index (Phi) is 4.74. The number of halogens is 1. The van der Waals surface area contributed by atoms with Gasteiger partial charge < -0.3 is 10.4 Å². The largest absolute Gasteiger partial charge is 0.480 e. The van der Waals surface area contributed by atoms with Crippen LogP contribution in [0.1, 0.15) is 48.9 Å². The van der Waals surface area contributed by atoms with Crippen LogP contribution in [0.3, 0.4) is 0 Å². The number of benzene rings is 2. The molecule has 2 aliphatic rings. The van der Waals surface area contributed by atoms with Gasteiger partial charge in [0.15, 0.2) is 11.0 Å². The fourth-order valence-corrected chi connectivity index (χ4v) is 4.90. The molecule has 0 bridgehead atoms. The Bertz CT molecular complexity index is 1200. The van der Waals surface area contributed by atoms with Crippen molar-refractivity contribution < 1.29 is 9.90 Å². The first-order valence-electron chi connectivity index (χ1n) is 10.3. The number of carboxylic acids is 1. The molecule has 154 valence electrons. The van der Waals surface area contributed by atoms with E-state index in [0.717, 1.165) is 35.6 Å². The predicted octanol–water partition coefficient (Wildman–Crippen LogP) is 4.37. The van der Waals surface area contributed by atoms with Crippen molar-refractivity contribution in [3.63, 3.8) is 0 Å². The fourth-order valence-electron chi connectivity index (χ4n) is 4.57. The zero-order valence-electron chi connectivity index (χ0n) is 16.3. The molecular weight excluding hydrogens is 402 g/mol. The molecule has 0 spiro atoms. The Hall–Kier alpha value is -2.86. The summed E-state index contributed by atoms with van der Waals surface area (Å²) < 4.78 is 1.35. The summed E-state index contributed by atoms with van der Waals surface area (Å²) in [4.78, 5) is 29.4. The van der Waals surface area contributed by atoms with Crippen molar-refractivity contribution in [2.24, 2.45) is 0 Å². The monoisotopic (exact) mass is 423 g/mol. The van der Waals surface area contributed by atoms with Crippen LogP contribution in [0.4, 0.5) is 5.82 Å². The summed E-state index contributed by atoms with van der Waals surface area (Å²) in [6.07, 6.45) is 4.00. The van der Waals surface area contributed by atoms with Crippen molar-refractivity contribution in [3.8, 4) is 0 Å². The van der Waals surface area contributed by atoms with Gasteiger partial charge in [0.05, 0.1) is 5.69 Å². The van der Waals surface area contributed by atoms with Gasteiger partial charge in [0, 0.05) is 12.0 Å². The minimum Gasteiger partial charge on any atom is -0.480 e.